The van der Waals surface area contributed by atoms with Crippen LogP contribution in [0.25, 0.3) is 0 Å². The van der Waals surface area contributed by atoms with Crippen LogP contribution >= 0.6 is 12.6 Å². The van der Waals surface area contributed by atoms with Crippen molar-refractivity contribution in [1.82, 2.24) is 0 Å². The Hall–Kier alpha value is -1.07. The molecule has 0 heterocycles. The monoisotopic (exact) mass is 206 g/mol. The smallest absolute Gasteiger partial charge is 0.119 e. The fourth-order valence-electron chi connectivity index (χ4n) is 1.37. The number of hydrogen-bond acceptors (Lipinski definition) is 2. The van der Waals surface area contributed by atoms with E-state index in [0.29, 0.717) is 5.75 Å². The summed E-state index contributed by atoms with van der Waals surface area (Å²) in [4.78, 5) is 0. The van der Waals surface area contributed by atoms with E-state index < -0.39 is 0 Å². The van der Waals surface area contributed by atoms with E-state index in [0.717, 1.165) is 22.4 Å². The molecule has 0 unspecified atom stereocenters. The summed E-state index contributed by atoms with van der Waals surface area (Å²) in [5.41, 5.74) is 3.38. The number of benzene rings is 1. The van der Waals surface area contributed by atoms with E-state index in [1.807, 2.05) is 26.0 Å². The lowest BCUT2D eigenvalue weighted by Crippen LogP contribution is -1.91. The van der Waals surface area contributed by atoms with E-state index >= 15 is 0 Å². The first-order valence-electron chi connectivity index (χ1n) is 4.44. The number of ether oxygens (including phenoxy) is 1. The molecule has 1 aromatic carbocycles. The molecule has 1 aromatic rings. The summed E-state index contributed by atoms with van der Waals surface area (Å²) in [7, 11) is 1.67. The predicted octanol–water partition coefficient (Wildman–Crippen LogP) is 2.59. The van der Waals surface area contributed by atoms with Gasteiger partial charge >= 0.3 is 0 Å². The number of thiol groups is 1. The van der Waals surface area contributed by atoms with E-state index in [2.05, 4.69) is 24.5 Å². The maximum atomic E-state index is 5.17. The van der Waals surface area contributed by atoms with Crippen molar-refractivity contribution in [2.75, 3.05) is 12.9 Å². The Balaban J connectivity index is 3.18. The van der Waals surface area contributed by atoms with E-state index in [9.17, 15) is 0 Å². The highest BCUT2D eigenvalue weighted by Crippen LogP contribution is 2.20. The molecule has 0 fully saturated rings. The molecule has 0 saturated heterocycles. The van der Waals surface area contributed by atoms with Crippen molar-refractivity contribution in [2.24, 2.45) is 0 Å². The van der Waals surface area contributed by atoms with Gasteiger partial charge in [-0.15, -0.1) is 0 Å². The Bertz CT molecular complexity index is 362. The largest absolute Gasteiger partial charge is 0.497 e. The maximum absolute atomic E-state index is 5.17. The first-order chi connectivity index (χ1) is 6.69. The number of rotatable bonds is 1. The molecule has 1 nitrogen and oxygen atoms in total. The van der Waals surface area contributed by atoms with Crippen molar-refractivity contribution >= 4 is 12.6 Å². The molecule has 0 bridgehead atoms. The van der Waals surface area contributed by atoms with Gasteiger partial charge in [-0.1, -0.05) is 11.8 Å². The fraction of sp³-hybridized carbons (Fsp3) is 0.333. The molecule has 0 aromatic heterocycles. The molecular weight excluding hydrogens is 192 g/mol. The third-order valence-electron chi connectivity index (χ3n) is 2.03. The average Bonchev–Trinajstić information content (AvgIpc) is 2.16. The zero-order valence-electron chi connectivity index (χ0n) is 8.72. The topological polar surface area (TPSA) is 9.23 Å². The molecule has 0 aliphatic carbocycles. The van der Waals surface area contributed by atoms with Crippen molar-refractivity contribution < 1.29 is 4.74 Å². The van der Waals surface area contributed by atoms with Gasteiger partial charge in [-0.2, -0.15) is 12.6 Å². The third-order valence-corrected chi connectivity index (χ3v) is 2.19. The van der Waals surface area contributed by atoms with Gasteiger partial charge in [0.15, 0.2) is 0 Å². The van der Waals surface area contributed by atoms with E-state index in [1.165, 1.54) is 0 Å². The van der Waals surface area contributed by atoms with Crippen LogP contribution in [0.4, 0.5) is 0 Å². The first kappa shape index (κ1) is 11.0. The van der Waals surface area contributed by atoms with E-state index in [-0.39, 0.29) is 0 Å². The Morgan fingerprint density at radius 1 is 1.29 bits per heavy atom. The van der Waals surface area contributed by atoms with E-state index in [4.69, 9.17) is 4.74 Å². The van der Waals surface area contributed by atoms with Gasteiger partial charge in [0, 0.05) is 5.56 Å². The molecule has 0 aliphatic rings. The summed E-state index contributed by atoms with van der Waals surface area (Å²) in [5.74, 6) is 7.53. The standard InChI is InChI=1S/C12H14OS/c1-9-7-11(13-3)8-10(2)12(9)5-4-6-14/h7-8,14H,6H2,1-3H3. The zero-order chi connectivity index (χ0) is 10.6. The predicted molar refractivity (Wildman–Crippen MR) is 63.2 cm³/mol. The number of methoxy groups -OCH3 is 1. The highest BCUT2D eigenvalue weighted by Gasteiger charge is 2.02. The molecule has 0 amide bonds. The molecule has 14 heavy (non-hydrogen) atoms. The molecule has 0 saturated carbocycles. The van der Waals surface area contributed by atoms with Crippen molar-refractivity contribution in [2.45, 2.75) is 13.8 Å². The van der Waals surface area contributed by atoms with Crippen LogP contribution in [0.15, 0.2) is 12.1 Å². The summed E-state index contributed by atoms with van der Waals surface area (Å²) in [6.07, 6.45) is 0. The Kier molecular flexibility index (Phi) is 3.91. The first-order valence-corrected chi connectivity index (χ1v) is 5.07. The molecule has 0 N–H and O–H groups in total. The minimum absolute atomic E-state index is 0.588. The van der Waals surface area contributed by atoms with Crippen LogP contribution in [0, 0.1) is 25.7 Å². The second-order valence-corrected chi connectivity index (χ2v) is 3.41. The maximum Gasteiger partial charge on any atom is 0.119 e. The van der Waals surface area contributed by atoms with Crippen LogP contribution in [-0.2, 0) is 0 Å². The second kappa shape index (κ2) is 4.97. The number of hydrogen-bond donors (Lipinski definition) is 1. The highest BCUT2D eigenvalue weighted by molar-refractivity contribution is 7.80. The number of aryl methyl sites for hydroxylation is 2. The molecule has 1 rings (SSSR count). The van der Waals surface area contributed by atoms with Crippen LogP contribution < -0.4 is 4.74 Å². The summed E-state index contributed by atoms with van der Waals surface area (Å²) in [6, 6.07) is 3.99. The van der Waals surface area contributed by atoms with Crippen molar-refractivity contribution in [3.8, 4) is 17.6 Å². The van der Waals surface area contributed by atoms with Crippen LogP contribution in [0.3, 0.4) is 0 Å². The summed E-state index contributed by atoms with van der Waals surface area (Å²) < 4.78 is 5.17. The third kappa shape index (κ3) is 2.46. The second-order valence-electron chi connectivity index (χ2n) is 3.10. The van der Waals surface area contributed by atoms with Crippen LogP contribution in [0.5, 0.6) is 5.75 Å². The molecule has 0 spiro atoms. The quantitative estimate of drug-likeness (QED) is 0.549. The lowest BCUT2D eigenvalue weighted by molar-refractivity contribution is 0.414. The van der Waals surface area contributed by atoms with Gasteiger partial charge < -0.3 is 4.74 Å². The summed E-state index contributed by atoms with van der Waals surface area (Å²) >= 11 is 4.06. The molecule has 0 aliphatic heterocycles. The SMILES string of the molecule is COc1cc(C)c(C#CCS)c(C)c1. The van der Waals surface area contributed by atoms with Gasteiger partial charge in [-0.25, -0.2) is 0 Å². The van der Waals surface area contributed by atoms with Crippen molar-refractivity contribution in [1.29, 1.82) is 0 Å². The van der Waals surface area contributed by atoms with Gasteiger partial charge in [-0.05, 0) is 37.1 Å². The Labute approximate surface area is 90.9 Å². The minimum Gasteiger partial charge on any atom is -0.497 e. The summed E-state index contributed by atoms with van der Waals surface area (Å²) in [5, 5.41) is 0. The molecular formula is C12H14OS. The van der Waals surface area contributed by atoms with Crippen LogP contribution in [0.2, 0.25) is 0 Å². The Morgan fingerprint density at radius 2 is 1.86 bits per heavy atom. The molecule has 2 heteroatoms. The van der Waals surface area contributed by atoms with Gasteiger partial charge in [-0.3, -0.25) is 0 Å². The van der Waals surface area contributed by atoms with E-state index in [1.54, 1.807) is 7.11 Å². The lowest BCUT2D eigenvalue weighted by atomic mass is 10.0. The normalized spacial score (nSPS) is 9.14. The van der Waals surface area contributed by atoms with Gasteiger partial charge in [0.2, 0.25) is 0 Å². The minimum atomic E-state index is 0.588. The molecule has 0 atom stereocenters. The van der Waals surface area contributed by atoms with Gasteiger partial charge in [0.25, 0.3) is 0 Å². The zero-order valence-corrected chi connectivity index (χ0v) is 9.61. The Morgan fingerprint density at radius 3 is 2.29 bits per heavy atom. The van der Waals surface area contributed by atoms with Crippen molar-refractivity contribution in [3.63, 3.8) is 0 Å². The average molecular weight is 206 g/mol. The van der Waals surface area contributed by atoms with Gasteiger partial charge in [0.1, 0.15) is 5.75 Å². The fourth-order valence-corrected chi connectivity index (χ4v) is 1.45. The summed E-state index contributed by atoms with van der Waals surface area (Å²) in [6.45, 7) is 4.08. The highest BCUT2D eigenvalue weighted by atomic mass is 32.1. The van der Waals surface area contributed by atoms with Crippen molar-refractivity contribution in [3.05, 3.63) is 28.8 Å². The van der Waals surface area contributed by atoms with Crippen LogP contribution in [0.1, 0.15) is 16.7 Å². The van der Waals surface area contributed by atoms with Crippen LogP contribution in [-0.4, -0.2) is 12.9 Å². The lowest BCUT2D eigenvalue weighted by Gasteiger charge is -2.06. The van der Waals surface area contributed by atoms with Gasteiger partial charge in [0.05, 0.1) is 12.9 Å². The molecule has 0 radical (unpaired) electrons. The molecule has 74 valence electrons.